The fourth-order valence-corrected chi connectivity index (χ4v) is 4.11. The van der Waals surface area contributed by atoms with Gasteiger partial charge in [-0.2, -0.15) is 5.10 Å². The number of ether oxygens (including phenoxy) is 1. The normalized spacial score (nSPS) is 15.8. The Hall–Kier alpha value is -3.65. The molecule has 170 valence electrons. The summed E-state index contributed by atoms with van der Waals surface area (Å²) in [6.45, 7) is 5.01. The van der Waals surface area contributed by atoms with Crippen molar-refractivity contribution in [3.63, 3.8) is 0 Å². The second kappa shape index (κ2) is 9.87. The zero-order valence-corrected chi connectivity index (χ0v) is 18.7. The average molecular weight is 466 g/mol. The number of benzene rings is 1. The third kappa shape index (κ3) is 5.06. The molecular formula is C24H24ClN5O3. The third-order valence-corrected chi connectivity index (χ3v) is 5.86. The summed E-state index contributed by atoms with van der Waals surface area (Å²) in [6.07, 6.45) is 6.32. The summed E-state index contributed by atoms with van der Waals surface area (Å²) in [4.78, 5) is 30.1. The molecule has 33 heavy (non-hydrogen) atoms. The molecule has 0 radical (unpaired) electrons. The Morgan fingerprint density at radius 2 is 2.15 bits per heavy atom. The van der Waals surface area contributed by atoms with Gasteiger partial charge in [-0.25, -0.2) is 0 Å². The molecule has 0 aliphatic carbocycles. The number of aromatic nitrogens is 3. The predicted octanol–water partition coefficient (Wildman–Crippen LogP) is 3.63. The molecule has 4 rings (SSSR count). The summed E-state index contributed by atoms with van der Waals surface area (Å²) in [5, 5.41) is 5.04. The molecule has 2 amide bonds. The van der Waals surface area contributed by atoms with Gasteiger partial charge in [-0.1, -0.05) is 24.2 Å². The summed E-state index contributed by atoms with van der Waals surface area (Å²) < 4.78 is 7.50. The van der Waals surface area contributed by atoms with Crippen molar-refractivity contribution in [1.82, 2.24) is 19.7 Å². The number of primary amides is 1. The Labute approximate surface area is 196 Å². The van der Waals surface area contributed by atoms with E-state index in [2.05, 4.69) is 16.7 Å². The molecule has 2 N–H and O–H groups in total. The van der Waals surface area contributed by atoms with Crippen LogP contribution in [0.25, 0.3) is 11.3 Å². The Morgan fingerprint density at radius 1 is 1.30 bits per heavy atom. The van der Waals surface area contributed by atoms with Gasteiger partial charge in [-0.3, -0.25) is 19.3 Å². The molecule has 1 aliphatic heterocycles. The SMILES string of the molecule is C=CC(=O)N1CCCC(n2cc(C(N)=O)c(-c3ccc(OCc4ccccn4)c(Cl)c3)n2)C1. The van der Waals surface area contributed by atoms with E-state index in [9.17, 15) is 9.59 Å². The topological polar surface area (TPSA) is 103 Å². The molecule has 8 nitrogen and oxygen atoms in total. The van der Waals surface area contributed by atoms with Gasteiger partial charge in [0, 0.05) is 31.0 Å². The van der Waals surface area contributed by atoms with Gasteiger partial charge in [0.15, 0.2) is 0 Å². The Bertz CT molecular complexity index is 1180. The maximum absolute atomic E-state index is 12.1. The number of piperidine rings is 1. The van der Waals surface area contributed by atoms with Crippen LogP contribution < -0.4 is 10.5 Å². The number of amides is 2. The number of hydrogen-bond acceptors (Lipinski definition) is 5. The summed E-state index contributed by atoms with van der Waals surface area (Å²) in [5.74, 6) is -0.204. The van der Waals surface area contributed by atoms with Gasteiger partial charge in [-0.05, 0) is 49.2 Å². The molecule has 1 fully saturated rings. The highest BCUT2D eigenvalue weighted by Crippen LogP contribution is 2.33. The van der Waals surface area contributed by atoms with Crippen LogP contribution in [0.5, 0.6) is 5.75 Å². The highest BCUT2D eigenvalue weighted by Gasteiger charge is 2.26. The molecule has 0 spiro atoms. The van der Waals surface area contributed by atoms with Crippen molar-refractivity contribution < 1.29 is 14.3 Å². The summed E-state index contributed by atoms with van der Waals surface area (Å²) in [7, 11) is 0. The van der Waals surface area contributed by atoms with Crippen molar-refractivity contribution in [2.24, 2.45) is 5.73 Å². The van der Waals surface area contributed by atoms with Crippen molar-refractivity contribution in [1.29, 1.82) is 0 Å². The summed E-state index contributed by atoms with van der Waals surface area (Å²) >= 11 is 6.45. The minimum Gasteiger partial charge on any atom is -0.486 e. The number of rotatable bonds is 7. The van der Waals surface area contributed by atoms with E-state index in [1.807, 2.05) is 18.2 Å². The molecule has 0 bridgehead atoms. The van der Waals surface area contributed by atoms with Crippen molar-refractivity contribution >= 4 is 23.4 Å². The number of carbonyl (C=O) groups excluding carboxylic acids is 2. The summed E-state index contributed by atoms with van der Waals surface area (Å²) in [5.41, 5.74) is 7.79. The largest absolute Gasteiger partial charge is 0.486 e. The molecule has 3 heterocycles. The second-order valence-corrected chi connectivity index (χ2v) is 8.18. The van der Waals surface area contributed by atoms with Gasteiger partial charge in [-0.15, -0.1) is 0 Å². The molecular weight excluding hydrogens is 442 g/mol. The second-order valence-electron chi connectivity index (χ2n) is 7.78. The van der Waals surface area contributed by atoms with E-state index in [-0.39, 0.29) is 18.6 Å². The Kier molecular flexibility index (Phi) is 6.74. The number of hydrogen-bond donors (Lipinski definition) is 1. The highest BCUT2D eigenvalue weighted by molar-refractivity contribution is 6.32. The number of halogens is 1. The van der Waals surface area contributed by atoms with Crippen LogP contribution in [0, 0.1) is 0 Å². The van der Waals surface area contributed by atoms with E-state index in [0.717, 1.165) is 18.5 Å². The van der Waals surface area contributed by atoms with E-state index in [0.29, 0.717) is 40.7 Å². The first-order valence-electron chi connectivity index (χ1n) is 10.6. The third-order valence-electron chi connectivity index (χ3n) is 5.56. The monoisotopic (exact) mass is 465 g/mol. The number of nitrogens with two attached hydrogens (primary N) is 1. The number of pyridine rings is 1. The fraction of sp³-hybridized carbons (Fsp3) is 0.250. The van der Waals surface area contributed by atoms with Crippen LogP contribution in [0.2, 0.25) is 5.02 Å². The zero-order chi connectivity index (χ0) is 23.4. The molecule has 1 atom stereocenters. The molecule has 1 aliphatic rings. The average Bonchev–Trinajstić information content (AvgIpc) is 3.29. The van der Waals surface area contributed by atoms with E-state index in [1.165, 1.54) is 6.08 Å². The number of carbonyl (C=O) groups is 2. The quantitative estimate of drug-likeness (QED) is 0.536. The first kappa shape index (κ1) is 22.5. The van der Waals surface area contributed by atoms with Crippen LogP contribution >= 0.6 is 11.6 Å². The molecule has 1 saturated heterocycles. The Balaban J connectivity index is 1.57. The highest BCUT2D eigenvalue weighted by atomic mass is 35.5. The first-order valence-corrected chi connectivity index (χ1v) is 11.0. The van der Waals surface area contributed by atoms with E-state index in [4.69, 9.17) is 22.1 Å². The standard InChI is InChI=1S/C24H24ClN5O3/c1-2-22(31)29-11-5-7-18(13-29)30-14-19(24(26)32)23(28-30)16-8-9-21(20(25)12-16)33-15-17-6-3-4-10-27-17/h2-4,6,8-10,12,14,18H,1,5,7,11,13,15H2,(H2,26,32). The molecule has 9 heteroatoms. The van der Waals surface area contributed by atoms with Crippen LogP contribution in [0.15, 0.2) is 61.4 Å². The van der Waals surface area contributed by atoms with Crippen molar-refractivity contribution in [3.05, 3.63) is 77.7 Å². The minimum absolute atomic E-state index is 0.0639. The first-order chi connectivity index (χ1) is 16.0. The van der Waals surface area contributed by atoms with Gasteiger partial charge >= 0.3 is 0 Å². The number of nitrogens with zero attached hydrogens (tertiary/aromatic N) is 4. The van der Waals surface area contributed by atoms with Gasteiger partial charge in [0.1, 0.15) is 18.1 Å². The van der Waals surface area contributed by atoms with Crippen molar-refractivity contribution in [3.8, 4) is 17.0 Å². The van der Waals surface area contributed by atoms with Crippen LogP contribution in [0.3, 0.4) is 0 Å². The van der Waals surface area contributed by atoms with E-state index < -0.39 is 5.91 Å². The molecule has 2 aromatic heterocycles. The fourth-order valence-electron chi connectivity index (χ4n) is 3.87. The minimum atomic E-state index is -0.585. The van der Waals surface area contributed by atoms with Gasteiger partial charge in [0.25, 0.3) is 5.91 Å². The van der Waals surface area contributed by atoms with Gasteiger partial charge in [0.2, 0.25) is 5.91 Å². The van der Waals surface area contributed by atoms with Crippen LogP contribution in [-0.2, 0) is 11.4 Å². The van der Waals surface area contributed by atoms with E-state index >= 15 is 0 Å². The van der Waals surface area contributed by atoms with Crippen molar-refractivity contribution in [2.45, 2.75) is 25.5 Å². The van der Waals surface area contributed by atoms with E-state index in [1.54, 1.807) is 40.2 Å². The van der Waals surface area contributed by atoms with Gasteiger partial charge < -0.3 is 15.4 Å². The molecule has 3 aromatic rings. The van der Waals surface area contributed by atoms with Crippen LogP contribution in [0.4, 0.5) is 0 Å². The lowest BCUT2D eigenvalue weighted by Crippen LogP contribution is -2.40. The van der Waals surface area contributed by atoms with Crippen LogP contribution in [-0.4, -0.2) is 44.6 Å². The lowest BCUT2D eigenvalue weighted by Gasteiger charge is -2.32. The molecule has 1 aromatic carbocycles. The predicted molar refractivity (Wildman–Crippen MR) is 125 cm³/mol. The van der Waals surface area contributed by atoms with Crippen molar-refractivity contribution in [2.75, 3.05) is 13.1 Å². The molecule has 0 saturated carbocycles. The lowest BCUT2D eigenvalue weighted by atomic mass is 10.1. The maximum Gasteiger partial charge on any atom is 0.252 e. The smallest absolute Gasteiger partial charge is 0.252 e. The molecule has 1 unspecified atom stereocenters. The maximum atomic E-state index is 12.1. The zero-order valence-electron chi connectivity index (χ0n) is 18.0. The summed E-state index contributed by atoms with van der Waals surface area (Å²) in [6, 6.07) is 10.7. The lowest BCUT2D eigenvalue weighted by molar-refractivity contribution is -0.127. The van der Waals surface area contributed by atoms with Crippen LogP contribution in [0.1, 0.15) is 34.9 Å². The number of likely N-dealkylation sites (tertiary alicyclic amines) is 1. The van der Waals surface area contributed by atoms with Gasteiger partial charge in [0.05, 0.1) is 22.3 Å². The Morgan fingerprint density at radius 3 is 2.85 bits per heavy atom.